The number of rotatable bonds is 5. The van der Waals surface area contributed by atoms with E-state index in [9.17, 15) is 4.79 Å². The van der Waals surface area contributed by atoms with Gasteiger partial charge in [0.2, 0.25) is 11.8 Å². The Labute approximate surface area is 198 Å². The number of amides is 1. The third kappa shape index (κ3) is 3.39. The van der Waals surface area contributed by atoms with Crippen LogP contribution in [-0.2, 0) is 22.4 Å². The number of ether oxygens (including phenoxy) is 2. The first-order valence-corrected chi connectivity index (χ1v) is 12.0. The molecule has 1 unspecified atom stereocenters. The number of methoxy groups -OCH3 is 1. The maximum Gasteiger partial charge on any atom is 0.243 e. The van der Waals surface area contributed by atoms with Gasteiger partial charge in [0, 0.05) is 31.4 Å². The zero-order valence-corrected chi connectivity index (χ0v) is 20.1. The Kier molecular flexibility index (Phi) is 4.93. The molecule has 0 aromatic carbocycles. The Morgan fingerprint density at radius 2 is 2.15 bits per heavy atom. The first kappa shape index (κ1) is 21.5. The van der Waals surface area contributed by atoms with Crippen molar-refractivity contribution in [1.82, 2.24) is 30.0 Å². The zero-order chi connectivity index (χ0) is 23.6. The lowest BCUT2D eigenvalue weighted by Crippen LogP contribution is -2.50. The Bertz CT molecular complexity index is 1260. The predicted octanol–water partition coefficient (Wildman–Crippen LogP) is 2.16. The van der Waals surface area contributed by atoms with Crippen LogP contribution >= 0.6 is 0 Å². The molecule has 2 N–H and O–H groups in total. The van der Waals surface area contributed by atoms with Crippen LogP contribution in [0, 0.1) is 11.3 Å². The number of likely N-dealkylation sites (N-methyl/N-ethyl adjacent to an activating group) is 1. The number of imidazole rings is 1. The van der Waals surface area contributed by atoms with Gasteiger partial charge in [0.15, 0.2) is 11.5 Å². The number of hydrogen-bond donors (Lipinski definition) is 2. The summed E-state index contributed by atoms with van der Waals surface area (Å²) in [5.74, 6) is 1.78. The summed E-state index contributed by atoms with van der Waals surface area (Å²) in [4.78, 5) is 29.8. The Hall–Kier alpha value is -2.98. The third-order valence-corrected chi connectivity index (χ3v) is 8.00. The number of anilines is 1. The maximum absolute atomic E-state index is 13.3. The van der Waals surface area contributed by atoms with E-state index in [1.165, 1.54) is 17.7 Å². The minimum absolute atomic E-state index is 0.0186. The summed E-state index contributed by atoms with van der Waals surface area (Å²) >= 11 is 0. The number of carbonyl (C=O) groups is 1. The summed E-state index contributed by atoms with van der Waals surface area (Å²) in [6, 6.07) is 1.62. The summed E-state index contributed by atoms with van der Waals surface area (Å²) in [6.45, 7) is 7.07. The van der Waals surface area contributed by atoms with E-state index in [0.29, 0.717) is 41.7 Å². The molecule has 3 aliphatic rings. The molecule has 1 aliphatic heterocycles. The molecule has 10 nitrogen and oxygen atoms in total. The molecule has 1 saturated heterocycles. The first-order chi connectivity index (χ1) is 16.4. The minimum atomic E-state index is -0.268. The number of carbonyl (C=O) groups excluding carboxylic acids is 1. The van der Waals surface area contributed by atoms with Crippen LogP contribution < -0.4 is 9.64 Å². The molecular weight excluding hydrogens is 434 g/mol. The summed E-state index contributed by atoms with van der Waals surface area (Å²) in [6.07, 6.45) is 3.36. The SMILES string of the molecule is COc1nc2nc(-c3n[nH]c4c3C[C@@H]3C[C@]3(C)C4)[nH]c2cc1N(C)C(=O)C(C)N1CCOCC1. The van der Waals surface area contributed by atoms with Gasteiger partial charge in [0.1, 0.15) is 11.4 Å². The molecule has 0 spiro atoms. The Morgan fingerprint density at radius 1 is 1.35 bits per heavy atom. The molecule has 0 bridgehead atoms. The molecule has 6 rings (SSSR count). The largest absolute Gasteiger partial charge is 0.479 e. The van der Waals surface area contributed by atoms with Gasteiger partial charge < -0.3 is 19.4 Å². The number of nitrogens with zero attached hydrogens (tertiary/aromatic N) is 5. The van der Waals surface area contributed by atoms with Crippen molar-refractivity contribution in [1.29, 1.82) is 0 Å². The lowest BCUT2D eigenvalue weighted by Gasteiger charge is -2.33. The average molecular weight is 466 g/mol. The van der Waals surface area contributed by atoms with E-state index in [0.717, 1.165) is 43.1 Å². The van der Waals surface area contributed by atoms with Crippen molar-refractivity contribution >= 4 is 22.8 Å². The number of aromatic amines is 2. The average Bonchev–Trinajstić information content (AvgIpc) is 3.15. The molecule has 1 saturated carbocycles. The summed E-state index contributed by atoms with van der Waals surface area (Å²) in [5, 5.41) is 7.84. The highest BCUT2D eigenvalue weighted by atomic mass is 16.5. The van der Waals surface area contributed by atoms with Crippen molar-refractivity contribution in [3.63, 3.8) is 0 Å². The van der Waals surface area contributed by atoms with Gasteiger partial charge in [-0.25, -0.2) is 4.98 Å². The topological polar surface area (TPSA) is 112 Å². The van der Waals surface area contributed by atoms with E-state index in [1.807, 2.05) is 13.0 Å². The quantitative estimate of drug-likeness (QED) is 0.594. The molecule has 0 radical (unpaired) electrons. The van der Waals surface area contributed by atoms with Crippen LogP contribution in [0.3, 0.4) is 0 Å². The smallest absolute Gasteiger partial charge is 0.243 e. The van der Waals surface area contributed by atoms with Gasteiger partial charge >= 0.3 is 0 Å². The highest BCUT2D eigenvalue weighted by Gasteiger charge is 2.53. The van der Waals surface area contributed by atoms with Crippen LogP contribution in [-0.4, -0.2) is 82.5 Å². The molecule has 3 aromatic rings. The number of morpholine rings is 1. The van der Waals surface area contributed by atoms with Crippen LogP contribution in [0.4, 0.5) is 5.69 Å². The van der Waals surface area contributed by atoms with Crippen LogP contribution in [0.1, 0.15) is 31.5 Å². The lowest BCUT2D eigenvalue weighted by atomic mass is 9.88. The lowest BCUT2D eigenvalue weighted by molar-refractivity contribution is -0.124. The summed E-state index contributed by atoms with van der Waals surface area (Å²) < 4.78 is 11.0. The summed E-state index contributed by atoms with van der Waals surface area (Å²) in [7, 11) is 3.32. The van der Waals surface area contributed by atoms with Crippen LogP contribution in [0.15, 0.2) is 6.07 Å². The monoisotopic (exact) mass is 465 g/mol. The standard InChI is InChI=1S/C24H31N7O3/c1-13(31-5-7-34-8-6-31)23(32)30(3)18-10-16-20(27-22(18)33-4)26-21(25-16)19-15-9-14-11-24(14,2)12-17(15)28-29-19/h10,13-14H,5-9,11-12H2,1-4H3,(H,28,29)(H,25,26,27)/t13?,14-,24-/m1/s1. The fraction of sp³-hybridized carbons (Fsp3) is 0.583. The van der Waals surface area contributed by atoms with Gasteiger partial charge in [-0.1, -0.05) is 6.92 Å². The van der Waals surface area contributed by atoms with E-state index in [-0.39, 0.29) is 11.9 Å². The molecule has 1 amide bonds. The molecule has 180 valence electrons. The number of fused-ring (bicyclic) bond motifs is 3. The second kappa shape index (κ2) is 7.78. The Morgan fingerprint density at radius 3 is 2.91 bits per heavy atom. The normalized spacial score (nSPS) is 25.0. The second-order valence-electron chi connectivity index (χ2n) is 10.2. The van der Waals surface area contributed by atoms with Gasteiger partial charge in [-0.15, -0.1) is 0 Å². The van der Waals surface area contributed by atoms with Gasteiger partial charge in [-0.2, -0.15) is 10.1 Å². The van der Waals surface area contributed by atoms with Crippen molar-refractivity contribution in [2.45, 2.75) is 39.2 Å². The van der Waals surface area contributed by atoms with Crippen molar-refractivity contribution in [3.05, 3.63) is 17.3 Å². The number of pyridine rings is 1. The molecule has 3 aromatic heterocycles. The fourth-order valence-corrected chi connectivity index (χ4v) is 5.59. The van der Waals surface area contributed by atoms with Gasteiger partial charge in [0.05, 0.1) is 31.9 Å². The van der Waals surface area contributed by atoms with Gasteiger partial charge in [-0.3, -0.25) is 14.8 Å². The number of nitrogens with one attached hydrogen (secondary N) is 2. The highest BCUT2D eigenvalue weighted by molar-refractivity contribution is 5.99. The van der Waals surface area contributed by atoms with Gasteiger partial charge in [-0.05, 0) is 43.6 Å². The zero-order valence-electron chi connectivity index (χ0n) is 20.1. The minimum Gasteiger partial charge on any atom is -0.479 e. The number of aromatic nitrogens is 5. The van der Waals surface area contributed by atoms with E-state index < -0.39 is 0 Å². The van der Waals surface area contributed by atoms with Crippen LogP contribution in [0.2, 0.25) is 0 Å². The Balaban J connectivity index is 1.31. The van der Waals surface area contributed by atoms with Crippen LogP contribution in [0.25, 0.3) is 22.7 Å². The van der Waals surface area contributed by atoms with E-state index in [4.69, 9.17) is 14.5 Å². The van der Waals surface area contributed by atoms with Crippen molar-refractivity contribution in [2.75, 3.05) is 45.4 Å². The molecule has 2 fully saturated rings. The molecule has 10 heteroatoms. The van der Waals surface area contributed by atoms with E-state index in [1.54, 1.807) is 19.1 Å². The number of hydrogen-bond acceptors (Lipinski definition) is 7. The molecule has 34 heavy (non-hydrogen) atoms. The predicted molar refractivity (Wildman–Crippen MR) is 127 cm³/mol. The molecule has 2 aliphatic carbocycles. The highest BCUT2D eigenvalue weighted by Crippen LogP contribution is 2.59. The van der Waals surface area contributed by atoms with Crippen molar-refractivity contribution in [2.24, 2.45) is 11.3 Å². The molecule has 3 atom stereocenters. The van der Waals surface area contributed by atoms with E-state index in [2.05, 4.69) is 32.0 Å². The van der Waals surface area contributed by atoms with Gasteiger partial charge in [0.25, 0.3) is 0 Å². The van der Waals surface area contributed by atoms with E-state index >= 15 is 0 Å². The van der Waals surface area contributed by atoms with Crippen molar-refractivity contribution < 1.29 is 14.3 Å². The number of H-pyrrole nitrogens is 2. The third-order valence-electron chi connectivity index (χ3n) is 8.00. The fourth-order valence-electron chi connectivity index (χ4n) is 5.59. The van der Waals surface area contributed by atoms with Crippen molar-refractivity contribution in [3.8, 4) is 17.4 Å². The molecule has 4 heterocycles. The first-order valence-electron chi connectivity index (χ1n) is 12.0. The summed E-state index contributed by atoms with van der Waals surface area (Å²) in [5.41, 5.74) is 5.68. The second-order valence-corrected chi connectivity index (χ2v) is 10.2. The molecular formula is C24H31N7O3. The maximum atomic E-state index is 13.3. The van der Waals surface area contributed by atoms with Crippen LogP contribution in [0.5, 0.6) is 5.88 Å².